The second-order valence-corrected chi connectivity index (χ2v) is 6.59. The third-order valence-corrected chi connectivity index (χ3v) is 4.45. The van der Waals surface area contributed by atoms with Gasteiger partial charge < -0.3 is 15.4 Å². The van der Waals surface area contributed by atoms with Gasteiger partial charge in [0.25, 0.3) is 5.91 Å². The molecule has 0 spiro atoms. The number of para-hydroxylation sites is 1. The summed E-state index contributed by atoms with van der Waals surface area (Å²) < 4.78 is 45.1. The highest BCUT2D eigenvalue weighted by molar-refractivity contribution is 5.97. The van der Waals surface area contributed by atoms with Gasteiger partial charge >= 0.3 is 6.18 Å². The van der Waals surface area contributed by atoms with E-state index in [0.29, 0.717) is 18.7 Å². The van der Waals surface area contributed by atoms with Crippen molar-refractivity contribution in [1.29, 1.82) is 0 Å². The first-order valence-electron chi connectivity index (χ1n) is 8.76. The molecule has 1 atom stereocenters. The predicted octanol–water partition coefficient (Wildman–Crippen LogP) is 3.81. The van der Waals surface area contributed by atoms with Gasteiger partial charge in [-0.15, -0.1) is 0 Å². The van der Waals surface area contributed by atoms with Gasteiger partial charge in [-0.2, -0.15) is 13.2 Å². The number of rotatable bonds is 4. The van der Waals surface area contributed by atoms with E-state index in [1.54, 1.807) is 31.2 Å². The van der Waals surface area contributed by atoms with Crippen molar-refractivity contribution >= 4 is 11.8 Å². The van der Waals surface area contributed by atoms with Crippen molar-refractivity contribution in [3.63, 3.8) is 0 Å². The van der Waals surface area contributed by atoms with Crippen LogP contribution in [-0.4, -0.2) is 24.4 Å². The molecular weight excluding hydrogens is 373 g/mol. The molecular formula is C20H19F3N2O3. The number of hydrogen-bond acceptors (Lipinski definition) is 3. The van der Waals surface area contributed by atoms with Crippen molar-refractivity contribution in [2.75, 3.05) is 6.54 Å². The SMILES string of the molecule is Cc1ccccc1Oc1cc(C(F)(F)F)ccc1C(=O)NC1CCNC(=O)C1. The molecule has 2 aromatic rings. The first-order valence-corrected chi connectivity index (χ1v) is 8.76. The number of benzene rings is 2. The van der Waals surface area contributed by atoms with Crippen molar-refractivity contribution in [3.8, 4) is 11.5 Å². The minimum absolute atomic E-state index is 0.0257. The number of nitrogens with one attached hydrogen (secondary N) is 2. The molecule has 2 amide bonds. The lowest BCUT2D eigenvalue weighted by atomic mass is 10.0. The topological polar surface area (TPSA) is 67.4 Å². The van der Waals surface area contributed by atoms with Gasteiger partial charge in [0.05, 0.1) is 11.1 Å². The Kier molecular flexibility index (Phi) is 5.58. The summed E-state index contributed by atoms with van der Waals surface area (Å²) >= 11 is 0. The molecule has 0 saturated carbocycles. The highest BCUT2D eigenvalue weighted by Gasteiger charge is 2.32. The quantitative estimate of drug-likeness (QED) is 0.832. The largest absolute Gasteiger partial charge is 0.456 e. The van der Waals surface area contributed by atoms with Gasteiger partial charge in [-0.1, -0.05) is 18.2 Å². The van der Waals surface area contributed by atoms with Crippen LogP contribution in [0, 0.1) is 6.92 Å². The summed E-state index contributed by atoms with van der Waals surface area (Å²) in [7, 11) is 0. The van der Waals surface area contributed by atoms with E-state index in [-0.39, 0.29) is 29.7 Å². The zero-order valence-electron chi connectivity index (χ0n) is 15.1. The van der Waals surface area contributed by atoms with Gasteiger partial charge in [-0.3, -0.25) is 9.59 Å². The van der Waals surface area contributed by atoms with Gasteiger partial charge in [-0.25, -0.2) is 0 Å². The van der Waals surface area contributed by atoms with Gasteiger partial charge in [0.15, 0.2) is 0 Å². The zero-order chi connectivity index (χ0) is 20.3. The second-order valence-electron chi connectivity index (χ2n) is 6.59. The molecule has 0 bridgehead atoms. The Morgan fingerprint density at radius 1 is 1.18 bits per heavy atom. The lowest BCUT2D eigenvalue weighted by Gasteiger charge is -2.23. The van der Waals surface area contributed by atoms with Crippen LogP contribution in [0.4, 0.5) is 13.2 Å². The Morgan fingerprint density at radius 3 is 2.61 bits per heavy atom. The summed E-state index contributed by atoms with van der Waals surface area (Å²) in [5.74, 6) is -0.604. The number of hydrogen-bond donors (Lipinski definition) is 2. The third kappa shape index (κ3) is 4.62. The highest BCUT2D eigenvalue weighted by atomic mass is 19.4. The van der Waals surface area contributed by atoms with E-state index in [4.69, 9.17) is 4.74 Å². The molecule has 3 rings (SSSR count). The lowest BCUT2D eigenvalue weighted by molar-refractivity contribution is -0.137. The molecule has 1 aliphatic rings. The van der Waals surface area contributed by atoms with E-state index in [1.807, 2.05) is 0 Å². The second kappa shape index (κ2) is 7.92. The average molecular weight is 392 g/mol. The third-order valence-electron chi connectivity index (χ3n) is 4.45. The standard InChI is InChI=1S/C20H19F3N2O3/c1-12-4-2-3-5-16(12)28-17-10-13(20(21,22)23)6-7-15(17)19(27)25-14-8-9-24-18(26)11-14/h2-7,10,14H,8-9,11H2,1H3,(H,24,26)(H,25,27). The number of carbonyl (C=O) groups excluding carboxylic acids is 2. The summed E-state index contributed by atoms with van der Waals surface area (Å²) in [4.78, 5) is 24.2. The monoisotopic (exact) mass is 392 g/mol. The first-order chi connectivity index (χ1) is 13.2. The maximum Gasteiger partial charge on any atom is 0.416 e. The molecule has 1 saturated heterocycles. The maximum absolute atomic E-state index is 13.1. The van der Waals surface area contributed by atoms with Crippen LogP contribution in [0.1, 0.15) is 34.3 Å². The summed E-state index contributed by atoms with van der Waals surface area (Å²) in [6.45, 7) is 2.19. The Hall–Kier alpha value is -3.03. The van der Waals surface area contributed by atoms with Crippen LogP contribution in [0.25, 0.3) is 0 Å². The van der Waals surface area contributed by atoms with Crippen LogP contribution in [0.5, 0.6) is 11.5 Å². The molecule has 5 nitrogen and oxygen atoms in total. The normalized spacial score (nSPS) is 17.0. The Labute approximate surface area is 159 Å². The fourth-order valence-electron chi connectivity index (χ4n) is 2.93. The number of carbonyl (C=O) groups is 2. The molecule has 2 N–H and O–H groups in total. The fraction of sp³-hybridized carbons (Fsp3) is 0.300. The van der Waals surface area contributed by atoms with Gasteiger partial charge in [0.1, 0.15) is 11.5 Å². The van der Waals surface area contributed by atoms with E-state index in [2.05, 4.69) is 10.6 Å². The van der Waals surface area contributed by atoms with Gasteiger partial charge in [-0.05, 0) is 43.2 Å². The van der Waals surface area contributed by atoms with E-state index >= 15 is 0 Å². The Balaban J connectivity index is 1.91. The molecule has 1 unspecified atom stereocenters. The Morgan fingerprint density at radius 2 is 1.93 bits per heavy atom. The Bertz CT molecular complexity index is 897. The van der Waals surface area contributed by atoms with Crippen molar-refractivity contribution in [2.24, 2.45) is 0 Å². The molecule has 8 heteroatoms. The minimum atomic E-state index is -4.57. The molecule has 1 aliphatic heterocycles. The van der Waals surface area contributed by atoms with Crippen molar-refractivity contribution in [3.05, 3.63) is 59.2 Å². The lowest BCUT2D eigenvalue weighted by Crippen LogP contribution is -2.45. The zero-order valence-corrected chi connectivity index (χ0v) is 15.1. The van der Waals surface area contributed by atoms with E-state index < -0.39 is 17.6 Å². The summed E-state index contributed by atoms with van der Waals surface area (Å²) in [5.41, 5.74) is -0.220. The number of alkyl halides is 3. The molecule has 28 heavy (non-hydrogen) atoms. The van der Waals surface area contributed by atoms with Crippen LogP contribution in [-0.2, 0) is 11.0 Å². The van der Waals surface area contributed by atoms with Crippen LogP contribution >= 0.6 is 0 Å². The molecule has 0 aliphatic carbocycles. The molecule has 1 fully saturated rings. The number of aryl methyl sites for hydroxylation is 1. The predicted molar refractivity (Wildman–Crippen MR) is 96.2 cm³/mol. The average Bonchev–Trinajstić information content (AvgIpc) is 2.63. The van der Waals surface area contributed by atoms with Crippen LogP contribution in [0.2, 0.25) is 0 Å². The van der Waals surface area contributed by atoms with Gasteiger partial charge in [0, 0.05) is 19.0 Å². The highest BCUT2D eigenvalue weighted by Crippen LogP contribution is 2.35. The number of amides is 2. The number of ether oxygens (including phenoxy) is 1. The number of piperidine rings is 1. The molecule has 148 valence electrons. The number of halogens is 3. The van der Waals surface area contributed by atoms with Crippen LogP contribution in [0.15, 0.2) is 42.5 Å². The summed E-state index contributed by atoms with van der Waals surface area (Å²) in [5, 5.41) is 5.36. The maximum atomic E-state index is 13.1. The molecule has 0 aromatic heterocycles. The van der Waals surface area contributed by atoms with E-state index in [1.165, 1.54) is 0 Å². The van der Waals surface area contributed by atoms with Gasteiger partial charge in [0.2, 0.25) is 5.91 Å². The minimum Gasteiger partial charge on any atom is -0.456 e. The fourth-order valence-corrected chi connectivity index (χ4v) is 2.93. The van der Waals surface area contributed by atoms with Crippen LogP contribution < -0.4 is 15.4 Å². The first kappa shape index (κ1) is 19.7. The summed E-state index contributed by atoms with van der Waals surface area (Å²) in [6, 6.07) is 9.20. The van der Waals surface area contributed by atoms with Crippen LogP contribution in [0.3, 0.4) is 0 Å². The van der Waals surface area contributed by atoms with Crippen molar-refractivity contribution in [2.45, 2.75) is 32.0 Å². The molecule has 0 radical (unpaired) electrons. The molecule has 1 heterocycles. The smallest absolute Gasteiger partial charge is 0.416 e. The summed E-state index contributed by atoms with van der Waals surface area (Å²) in [6.07, 6.45) is -3.90. The van der Waals surface area contributed by atoms with Crippen molar-refractivity contribution < 1.29 is 27.5 Å². The van der Waals surface area contributed by atoms with E-state index in [0.717, 1.165) is 23.8 Å². The van der Waals surface area contributed by atoms with E-state index in [9.17, 15) is 22.8 Å². The molecule has 2 aromatic carbocycles. The van der Waals surface area contributed by atoms with Crippen molar-refractivity contribution in [1.82, 2.24) is 10.6 Å².